The molecule has 5 N–H and O–H groups in total. The molecule has 0 saturated heterocycles. The second-order valence-corrected chi connectivity index (χ2v) is 3.75. The largest absolute Gasteiger partial charge is 0.409 e. The van der Waals surface area contributed by atoms with Gasteiger partial charge in [-0.1, -0.05) is 11.2 Å². The van der Waals surface area contributed by atoms with E-state index in [-0.39, 0.29) is 18.5 Å². The molecule has 1 aromatic rings. The van der Waals surface area contributed by atoms with Crippen LogP contribution >= 0.6 is 0 Å². The summed E-state index contributed by atoms with van der Waals surface area (Å²) in [6.07, 6.45) is 0. The first-order valence-corrected chi connectivity index (χ1v) is 5.19. The number of nitrogens with two attached hydrogens (primary N) is 1. The van der Waals surface area contributed by atoms with Crippen molar-refractivity contribution < 1.29 is 14.7 Å². The SMILES string of the molecule is CC(CO)NCc1ccc(F)cc1C(N)=NO. The minimum Gasteiger partial charge on any atom is -0.409 e. The molecule has 0 aromatic heterocycles. The summed E-state index contributed by atoms with van der Waals surface area (Å²) in [4.78, 5) is 0. The molecule has 0 saturated carbocycles. The fourth-order valence-electron chi connectivity index (χ4n) is 1.34. The first kappa shape index (κ1) is 13.4. The van der Waals surface area contributed by atoms with E-state index in [4.69, 9.17) is 16.0 Å². The van der Waals surface area contributed by atoms with E-state index in [9.17, 15) is 4.39 Å². The van der Waals surface area contributed by atoms with E-state index < -0.39 is 5.82 Å². The van der Waals surface area contributed by atoms with Gasteiger partial charge in [0.2, 0.25) is 0 Å². The third-order valence-electron chi connectivity index (χ3n) is 2.37. The summed E-state index contributed by atoms with van der Waals surface area (Å²) >= 11 is 0. The lowest BCUT2D eigenvalue weighted by Crippen LogP contribution is -2.30. The fourth-order valence-corrected chi connectivity index (χ4v) is 1.34. The van der Waals surface area contributed by atoms with Crippen LogP contribution in [0.25, 0.3) is 0 Å². The monoisotopic (exact) mass is 241 g/mol. The minimum atomic E-state index is -0.453. The summed E-state index contributed by atoms with van der Waals surface area (Å²) in [5.74, 6) is -0.594. The number of nitrogens with one attached hydrogen (secondary N) is 1. The highest BCUT2D eigenvalue weighted by atomic mass is 19.1. The van der Waals surface area contributed by atoms with Crippen LogP contribution in [0.15, 0.2) is 23.4 Å². The van der Waals surface area contributed by atoms with Crippen molar-refractivity contribution in [1.29, 1.82) is 0 Å². The Bertz CT molecular complexity index is 410. The topological polar surface area (TPSA) is 90.9 Å². The Balaban J connectivity index is 2.91. The van der Waals surface area contributed by atoms with Crippen LogP contribution in [0.3, 0.4) is 0 Å². The Morgan fingerprint density at radius 1 is 1.59 bits per heavy atom. The van der Waals surface area contributed by atoms with Crippen LogP contribution in [-0.2, 0) is 6.54 Å². The van der Waals surface area contributed by atoms with Gasteiger partial charge in [-0.25, -0.2) is 4.39 Å². The number of aliphatic hydroxyl groups excluding tert-OH is 1. The molecule has 94 valence electrons. The van der Waals surface area contributed by atoms with Gasteiger partial charge in [-0.2, -0.15) is 0 Å². The Morgan fingerprint density at radius 3 is 2.88 bits per heavy atom. The molecule has 17 heavy (non-hydrogen) atoms. The lowest BCUT2D eigenvalue weighted by Gasteiger charge is -2.13. The zero-order valence-electron chi connectivity index (χ0n) is 9.52. The molecule has 5 nitrogen and oxygen atoms in total. The smallest absolute Gasteiger partial charge is 0.170 e. The molecule has 0 aliphatic carbocycles. The van der Waals surface area contributed by atoms with Crippen LogP contribution in [0.1, 0.15) is 18.1 Å². The van der Waals surface area contributed by atoms with Crippen molar-refractivity contribution in [2.24, 2.45) is 10.9 Å². The number of halogens is 1. The van der Waals surface area contributed by atoms with Crippen molar-refractivity contribution in [3.63, 3.8) is 0 Å². The van der Waals surface area contributed by atoms with Gasteiger partial charge in [0.1, 0.15) is 5.82 Å². The molecule has 0 amide bonds. The zero-order chi connectivity index (χ0) is 12.8. The van der Waals surface area contributed by atoms with Crippen LogP contribution in [0.2, 0.25) is 0 Å². The summed E-state index contributed by atoms with van der Waals surface area (Å²) in [6, 6.07) is 3.98. The zero-order valence-corrected chi connectivity index (χ0v) is 9.52. The molecule has 1 rings (SSSR count). The number of amidine groups is 1. The van der Waals surface area contributed by atoms with Gasteiger partial charge in [-0.15, -0.1) is 0 Å². The molecule has 0 bridgehead atoms. The van der Waals surface area contributed by atoms with Crippen LogP contribution in [-0.4, -0.2) is 28.8 Å². The highest BCUT2D eigenvalue weighted by Crippen LogP contribution is 2.11. The van der Waals surface area contributed by atoms with Gasteiger partial charge in [0.15, 0.2) is 5.84 Å². The third kappa shape index (κ3) is 3.69. The number of rotatable bonds is 5. The molecule has 0 aliphatic rings. The predicted octanol–water partition coefficient (Wildman–Crippen LogP) is 0.391. The van der Waals surface area contributed by atoms with Crippen LogP contribution in [0.5, 0.6) is 0 Å². The maximum atomic E-state index is 13.1. The molecular formula is C11H16FN3O2. The maximum Gasteiger partial charge on any atom is 0.170 e. The molecule has 0 spiro atoms. The van der Waals surface area contributed by atoms with Gasteiger partial charge < -0.3 is 21.4 Å². The van der Waals surface area contributed by atoms with Crippen molar-refractivity contribution in [3.8, 4) is 0 Å². The van der Waals surface area contributed by atoms with Gasteiger partial charge in [0, 0.05) is 18.2 Å². The number of benzene rings is 1. The van der Waals surface area contributed by atoms with Crippen molar-refractivity contribution in [2.75, 3.05) is 6.61 Å². The van der Waals surface area contributed by atoms with E-state index in [1.807, 2.05) is 6.92 Å². The molecule has 0 fully saturated rings. The van der Waals surface area contributed by atoms with Gasteiger partial charge in [0.25, 0.3) is 0 Å². The first-order valence-electron chi connectivity index (χ1n) is 5.19. The maximum absolute atomic E-state index is 13.1. The average Bonchev–Trinajstić information content (AvgIpc) is 2.35. The van der Waals surface area contributed by atoms with Gasteiger partial charge >= 0.3 is 0 Å². The minimum absolute atomic E-state index is 0.0000987. The second-order valence-electron chi connectivity index (χ2n) is 3.75. The quantitative estimate of drug-likeness (QED) is 0.260. The van der Waals surface area contributed by atoms with Gasteiger partial charge in [-0.05, 0) is 24.6 Å². The highest BCUT2D eigenvalue weighted by molar-refractivity contribution is 5.98. The first-order chi connectivity index (χ1) is 8.08. The van der Waals surface area contributed by atoms with Gasteiger partial charge in [-0.3, -0.25) is 0 Å². The van der Waals surface area contributed by atoms with E-state index in [1.54, 1.807) is 6.07 Å². The van der Waals surface area contributed by atoms with Crippen LogP contribution in [0, 0.1) is 5.82 Å². The fraction of sp³-hybridized carbons (Fsp3) is 0.364. The number of hydrogen-bond acceptors (Lipinski definition) is 4. The van der Waals surface area contributed by atoms with Crippen LogP contribution < -0.4 is 11.1 Å². The van der Waals surface area contributed by atoms with Crippen molar-refractivity contribution in [1.82, 2.24) is 5.32 Å². The Morgan fingerprint density at radius 2 is 2.29 bits per heavy atom. The summed E-state index contributed by atoms with van der Waals surface area (Å²) < 4.78 is 13.1. The summed E-state index contributed by atoms with van der Waals surface area (Å²) in [7, 11) is 0. The molecular weight excluding hydrogens is 225 g/mol. The third-order valence-corrected chi connectivity index (χ3v) is 2.37. The Labute approximate surface area is 98.7 Å². The molecule has 1 aromatic carbocycles. The summed E-state index contributed by atoms with van der Waals surface area (Å²) in [6.45, 7) is 2.21. The van der Waals surface area contributed by atoms with E-state index >= 15 is 0 Å². The lowest BCUT2D eigenvalue weighted by atomic mass is 10.1. The Kier molecular flexibility index (Phi) is 4.86. The molecule has 0 aliphatic heterocycles. The molecule has 6 heteroatoms. The van der Waals surface area contributed by atoms with E-state index in [0.29, 0.717) is 17.7 Å². The highest BCUT2D eigenvalue weighted by Gasteiger charge is 2.09. The molecule has 1 atom stereocenters. The van der Waals surface area contributed by atoms with Crippen molar-refractivity contribution >= 4 is 5.84 Å². The van der Waals surface area contributed by atoms with E-state index in [0.717, 1.165) is 0 Å². The Hall–Kier alpha value is -1.66. The van der Waals surface area contributed by atoms with E-state index in [1.165, 1.54) is 12.1 Å². The normalized spacial score (nSPS) is 13.7. The summed E-state index contributed by atoms with van der Waals surface area (Å²) in [5.41, 5.74) is 6.49. The van der Waals surface area contributed by atoms with Crippen molar-refractivity contribution in [3.05, 3.63) is 35.1 Å². The summed E-state index contributed by atoms with van der Waals surface area (Å²) in [5, 5.41) is 23.4. The number of hydrogen-bond donors (Lipinski definition) is 4. The van der Waals surface area contributed by atoms with Crippen molar-refractivity contribution in [2.45, 2.75) is 19.5 Å². The van der Waals surface area contributed by atoms with Gasteiger partial charge in [0.05, 0.1) is 6.61 Å². The lowest BCUT2D eigenvalue weighted by molar-refractivity contribution is 0.251. The predicted molar refractivity (Wildman–Crippen MR) is 62.3 cm³/mol. The number of nitrogens with zero attached hydrogens (tertiary/aromatic N) is 1. The molecule has 1 unspecified atom stereocenters. The molecule has 0 heterocycles. The average molecular weight is 241 g/mol. The standard InChI is InChI=1S/C11H16FN3O2/c1-7(6-16)14-5-8-2-3-9(12)4-10(8)11(13)15-17/h2-4,7,14,16-17H,5-6H2,1H3,(H2,13,15). The molecule has 0 radical (unpaired) electrons. The number of oxime groups is 1. The second kappa shape index (κ2) is 6.17. The number of aliphatic hydroxyl groups is 1. The van der Waals surface area contributed by atoms with Crippen LogP contribution in [0.4, 0.5) is 4.39 Å². The van der Waals surface area contributed by atoms with E-state index in [2.05, 4.69) is 10.5 Å².